The minimum atomic E-state index is -1.05. The van der Waals surface area contributed by atoms with Gasteiger partial charge in [0.2, 0.25) is 5.91 Å². The van der Waals surface area contributed by atoms with E-state index in [0.717, 1.165) is 0 Å². The Hall–Kier alpha value is -2.15. The number of rotatable bonds is 4. The van der Waals surface area contributed by atoms with E-state index in [4.69, 9.17) is 5.11 Å². The third-order valence-corrected chi connectivity index (χ3v) is 2.89. The summed E-state index contributed by atoms with van der Waals surface area (Å²) in [6, 6.07) is 3.14. The predicted molar refractivity (Wildman–Crippen MR) is 62.2 cm³/mol. The largest absolute Gasteiger partial charge is 0.478 e. The number of anilines is 1. The van der Waals surface area contributed by atoms with Crippen LogP contribution in [0.4, 0.5) is 5.00 Å². The zero-order chi connectivity index (χ0) is 12.3. The minimum Gasteiger partial charge on any atom is -0.478 e. The summed E-state index contributed by atoms with van der Waals surface area (Å²) in [5.41, 5.74) is 0.781. The molecule has 6 nitrogen and oxygen atoms in total. The maximum Gasteiger partial charge on any atom is 0.338 e. The van der Waals surface area contributed by atoms with E-state index in [-0.39, 0.29) is 17.9 Å². The standard InChI is InChI=1S/C10H9N3O3S/c14-8(5-6-1-3-11-13-6)12-9-7(10(15)16)2-4-17-9/h1-4H,5H2,(H,11,13)(H,12,14)(H,15,16). The SMILES string of the molecule is O=C(Cc1ccn[nH]1)Nc1sccc1C(=O)O. The maximum absolute atomic E-state index is 11.6. The molecule has 0 aliphatic carbocycles. The van der Waals surface area contributed by atoms with Crippen LogP contribution in [0.5, 0.6) is 0 Å². The molecular weight excluding hydrogens is 242 g/mol. The lowest BCUT2D eigenvalue weighted by Crippen LogP contribution is -2.15. The third kappa shape index (κ3) is 2.70. The van der Waals surface area contributed by atoms with Crippen LogP contribution >= 0.6 is 11.3 Å². The van der Waals surface area contributed by atoms with Gasteiger partial charge in [-0.25, -0.2) is 4.79 Å². The molecule has 3 N–H and O–H groups in total. The molecule has 2 heterocycles. The van der Waals surface area contributed by atoms with Crippen LogP contribution in [0.3, 0.4) is 0 Å². The fourth-order valence-corrected chi connectivity index (χ4v) is 2.10. The van der Waals surface area contributed by atoms with Crippen molar-refractivity contribution in [2.24, 2.45) is 0 Å². The second kappa shape index (κ2) is 4.79. The van der Waals surface area contributed by atoms with Gasteiger partial charge in [0.1, 0.15) is 5.00 Å². The molecule has 0 saturated carbocycles. The summed E-state index contributed by atoms with van der Waals surface area (Å²) in [6.07, 6.45) is 1.69. The van der Waals surface area contributed by atoms with E-state index in [0.29, 0.717) is 10.7 Å². The summed E-state index contributed by atoms with van der Waals surface area (Å²) >= 11 is 1.18. The van der Waals surface area contributed by atoms with Gasteiger partial charge in [-0.15, -0.1) is 11.3 Å². The average molecular weight is 251 g/mol. The van der Waals surface area contributed by atoms with Crippen LogP contribution in [-0.4, -0.2) is 27.2 Å². The van der Waals surface area contributed by atoms with E-state index in [1.165, 1.54) is 17.4 Å². The lowest BCUT2D eigenvalue weighted by Gasteiger charge is -2.02. The summed E-state index contributed by atoms with van der Waals surface area (Å²) in [5.74, 6) is -1.33. The number of thiophene rings is 1. The second-order valence-electron chi connectivity index (χ2n) is 3.28. The molecule has 88 valence electrons. The highest BCUT2D eigenvalue weighted by Gasteiger charge is 2.14. The average Bonchev–Trinajstić information content (AvgIpc) is 2.88. The Morgan fingerprint density at radius 3 is 2.94 bits per heavy atom. The fourth-order valence-electron chi connectivity index (χ4n) is 1.30. The van der Waals surface area contributed by atoms with Gasteiger partial charge in [0, 0.05) is 11.9 Å². The molecular formula is C10H9N3O3S. The van der Waals surface area contributed by atoms with Gasteiger partial charge in [-0.2, -0.15) is 5.10 Å². The Kier molecular flexibility index (Phi) is 3.20. The van der Waals surface area contributed by atoms with Gasteiger partial charge >= 0.3 is 5.97 Å². The zero-order valence-electron chi connectivity index (χ0n) is 8.64. The van der Waals surface area contributed by atoms with E-state index in [2.05, 4.69) is 15.5 Å². The van der Waals surface area contributed by atoms with Gasteiger partial charge in [-0.1, -0.05) is 0 Å². The first-order chi connectivity index (χ1) is 8.16. The molecule has 0 radical (unpaired) electrons. The molecule has 1 amide bonds. The highest BCUT2D eigenvalue weighted by atomic mass is 32.1. The van der Waals surface area contributed by atoms with Gasteiger partial charge in [0.15, 0.2) is 0 Å². The number of aromatic amines is 1. The number of carbonyl (C=O) groups is 2. The quantitative estimate of drug-likeness (QED) is 0.764. The monoisotopic (exact) mass is 251 g/mol. The topological polar surface area (TPSA) is 95.1 Å². The van der Waals surface area contributed by atoms with Gasteiger partial charge < -0.3 is 10.4 Å². The van der Waals surface area contributed by atoms with Crippen molar-refractivity contribution in [3.63, 3.8) is 0 Å². The van der Waals surface area contributed by atoms with Crippen LogP contribution in [0.15, 0.2) is 23.7 Å². The number of carbonyl (C=O) groups excluding carboxylic acids is 1. The van der Waals surface area contributed by atoms with Crippen molar-refractivity contribution in [2.45, 2.75) is 6.42 Å². The summed E-state index contributed by atoms with van der Waals surface area (Å²) in [5, 5.41) is 19.8. The molecule has 0 unspecified atom stereocenters. The Morgan fingerprint density at radius 1 is 1.47 bits per heavy atom. The number of carboxylic acids is 1. The van der Waals surface area contributed by atoms with Crippen LogP contribution in [0, 0.1) is 0 Å². The molecule has 0 fully saturated rings. The molecule has 0 spiro atoms. The van der Waals surface area contributed by atoms with Crippen LogP contribution in [-0.2, 0) is 11.2 Å². The molecule has 17 heavy (non-hydrogen) atoms. The smallest absolute Gasteiger partial charge is 0.338 e. The number of aromatic carboxylic acids is 1. The molecule has 0 aromatic carbocycles. The summed E-state index contributed by atoms with van der Waals surface area (Å²) in [6.45, 7) is 0. The molecule has 0 aliphatic rings. The number of hydrogen-bond acceptors (Lipinski definition) is 4. The van der Waals surface area contributed by atoms with E-state index in [1.807, 2.05) is 0 Å². The maximum atomic E-state index is 11.6. The van der Waals surface area contributed by atoms with Crippen LogP contribution < -0.4 is 5.32 Å². The molecule has 2 aromatic heterocycles. The number of aromatic nitrogens is 2. The first kappa shape index (κ1) is 11.3. The number of hydrogen-bond donors (Lipinski definition) is 3. The van der Waals surface area contributed by atoms with Crippen LogP contribution in [0.2, 0.25) is 0 Å². The molecule has 2 aromatic rings. The number of amides is 1. The van der Waals surface area contributed by atoms with E-state index in [1.54, 1.807) is 17.6 Å². The van der Waals surface area contributed by atoms with Crippen molar-refractivity contribution >= 4 is 28.2 Å². The molecule has 0 atom stereocenters. The van der Waals surface area contributed by atoms with E-state index >= 15 is 0 Å². The highest BCUT2D eigenvalue weighted by Crippen LogP contribution is 2.23. The number of nitrogens with zero attached hydrogens (tertiary/aromatic N) is 1. The predicted octanol–water partition coefficient (Wildman–Crippen LogP) is 1.35. The van der Waals surface area contributed by atoms with Crippen LogP contribution in [0.1, 0.15) is 16.1 Å². The molecule has 0 bridgehead atoms. The molecule has 0 aliphatic heterocycles. The Bertz CT molecular complexity index is 533. The van der Waals surface area contributed by atoms with E-state index < -0.39 is 5.97 Å². The van der Waals surface area contributed by atoms with Crippen molar-refractivity contribution in [2.75, 3.05) is 5.32 Å². The number of nitrogens with one attached hydrogen (secondary N) is 2. The van der Waals surface area contributed by atoms with Crippen molar-refractivity contribution in [3.05, 3.63) is 35.0 Å². The normalized spacial score (nSPS) is 10.1. The minimum absolute atomic E-state index is 0.105. The Balaban J connectivity index is 2.03. The number of H-pyrrole nitrogens is 1. The Labute approximate surface area is 100 Å². The van der Waals surface area contributed by atoms with Gasteiger partial charge in [0.25, 0.3) is 0 Å². The lowest BCUT2D eigenvalue weighted by molar-refractivity contribution is -0.115. The number of carboxylic acid groups (broad SMARTS) is 1. The van der Waals surface area contributed by atoms with Crippen molar-refractivity contribution in [1.29, 1.82) is 0 Å². The molecule has 2 rings (SSSR count). The lowest BCUT2D eigenvalue weighted by atomic mass is 10.3. The molecule has 7 heteroatoms. The zero-order valence-corrected chi connectivity index (χ0v) is 9.45. The summed E-state index contributed by atoms with van der Waals surface area (Å²) < 4.78 is 0. The summed E-state index contributed by atoms with van der Waals surface area (Å²) in [4.78, 5) is 22.4. The Morgan fingerprint density at radius 2 is 2.29 bits per heavy atom. The van der Waals surface area contributed by atoms with Gasteiger partial charge in [-0.05, 0) is 17.5 Å². The molecule has 0 saturated heterocycles. The van der Waals surface area contributed by atoms with Gasteiger partial charge in [-0.3, -0.25) is 9.89 Å². The first-order valence-electron chi connectivity index (χ1n) is 4.75. The van der Waals surface area contributed by atoms with Crippen molar-refractivity contribution in [3.8, 4) is 0 Å². The van der Waals surface area contributed by atoms with Crippen LogP contribution in [0.25, 0.3) is 0 Å². The summed E-state index contributed by atoms with van der Waals surface area (Å²) in [7, 11) is 0. The van der Waals surface area contributed by atoms with Gasteiger partial charge in [0.05, 0.1) is 12.0 Å². The second-order valence-corrected chi connectivity index (χ2v) is 4.19. The highest BCUT2D eigenvalue weighted by molar-refractivity contribution is 7.14. The van der Waals surface area contributed by atoms with Crippen molar-refractivity contribution < 1.29 is 14.7 Å². The first-order valence-corrected chi connectivity index (χ1v) is 5.63. The third-order valence-electron chi connectivity index (χ3n) is 2.06. The van der Waals surface area contributed by atoms with E-state index in [9.17, 15) is 9.59 Å². The van der Waals surface area contributed by atoms with Crippen molar-refractivity contribution in [1.82, 2.24) is 10.2 Å². The fraction of sp³-hybridized carbons (Fsp3) is 0.100.